The van der Waals surface area contributed by atoms with E-state index in [-0.39, 0.29) is 0 Å². The number of nitrogens with zero attached hydrogens (tertiary/aromatic N) is 1. The van der Waals surface area contributed by atoms with Gasteiger partial charge in [0.15, 0.2) is 0 Å². The van der Waals surface area contributed by atoms with Gasteiger partial charge in [-0.05, 0) is 23.9 Å². The van der Waals surface area contributed by atoms with Crippen molar-refractivity contribution in [3.8, 4) is 0 Å². The van der Waals surface area contributed by atoms with Crippen molar-refractivity contribution >= 4 is 17.2 Å². The van der Waals surface area contributed by atoms with E-state index in [0.29, 0.717) is 31.1 Å². The SMILES string of the molecule is Cc1ccsc1C(=O)NCC(N1CCNCC1)C(F)(F)F. The van der Waals surface area contributed by atoms with E-state index >= 15 is 0 Å². The number of thiophene rings is 1. The third kappa shape index (κ3) is 4.18. The average Bonchev–Trinajstić information content (AvgIpc) is 2.85. The zero-order valence-corrected chi connectivity index (χ0v) is 12.5. The van der Waals surface area contributed by atoms with Crippen LogP contribution >= 0.6 is 11.3 Å². The Morgan fingerprint density at radius 1 is 1.48 bits per heavy atom. The number of nitrogens with one attached hydrogen (secondary N) is 2. The molecule has 1 aromatic rings. The number of aryl methyl sites for hydroxylation is 1. The van der Waals surface area contributed by atoms with Gasteiger partial charge in [-0.25, -0.2) is 0 Å². The van der Waals surface area contributed by atoms with Gasteiger partial charge in [-0.1, -0.05) is 0 Å². The van der Waals surface area contributed by atoms with Crippen molar-refractivity contribution in [3.63, 3.8) is 0 Å². The molecule has 1 aliphatic heterocycles. The fourth-order valence-corrected chi connectivity index (χ4v) is 3.16. The first-order valence-corrected chi connectivity index (χ1v) is 7.61. The minimum atomic E-state index is -4.35. The number of piperazine rings is 1. The molecule has 2 rings (SSSR count). The fourth-order valence-electron chi connectivity index (χ4n) is 2.32. The molecule has 118 valence electrons. The van der Waals surface area contributed by atoms with E-state index in [0.717, 1.165) is 5.56 Å². The van der Waals surface area contributed by atoms with E-state index in [4.69, 9.17) is 0 Å². The monoisotopic (exact) mass is 321 g/mol. The summed E-state index contributed by atoms with van der Waals surface area (Å²) in [6.07, 6.45) is -4.35. The van der Waals surface area contributed by atoms with Crippen LogP contribution in [-0.4, -0.2) is 55.7 Å². The summed E-state index contributed by atoms with van der Waals surface area (Å²) in [6.45, 7) is 3.08. The van der Waals surface area contributed by atoms with Crippen LogP contribution in [0.25, 0.3) is 0 Å². The number of rotatable bonds is 4. The highest BCUT2D eigenvalue weighted by molar-refractivity contribution is 7.12. The van der Waals surface area contributed by atoms with Gasteiger partial charge in [0.1, 0.15) is 6.04 Å². The van der Waals surface area contributed by atoms with Crippen LogP contribution in [0.2, 0.25) is 0 Å². The third-order valence-electron chi connectivity index (χ3n) is 3.49. The summed E-state index contributed by atoms with van der Waals surface area (Å²) in [4.78, 5) is 13.8. The maximum absolute atomic E-state index is 13.2. The van der Waals surface area contributed by atoms with Crippen LogP contribution in [0.4, 0.5) is 13.2 Å². The quantitative estimate of drug-likeness (QED) is 0.886. The summed E-state index contributed by atoms with van der Waals surface area (Å²) in [6, 6.07) is 0.140. The van der Waals surface area contributed by atoms with E-state index in [9.17, 15) is 18.0 Å². The molecule has 0 aromatic carbocycles. The van der Waals surface area contributed by atoms with Crippen LogP contribution in [-0.2, 0) is 0 Å². The van der Waals surface area contributed by atoms with E-state index in [2.05, 4.69) is 10.6 Å². The molecule has 0 aliphatic carbocycles. The van der Waals surface area contributed by atoms with Crippen molar-refractivity contribution in [2.75, 3.05) is 32.7 Å². The summed E-state index contributed by atoms with van der Waals surface area (Å²) in [5.41, 5.74) is 0.781. The topological polar surface area (TPSA) is 44.4 Å². The molecule has 8 heteroatoms. The molecule has 0 spiro atoms. The van der Waals surface area contributed by atoms with Gasteiger partial charge in [-0.2, -0.15) is 13.2 Å². The number of carbonyl (C=O) groups excluding carboxylic acids is 1. The molecule has 0 saturated carbocycles. The zero-order valence-electron chi connectivity index (χ0n) is 11.7. The Morgan fingerprint density at radius 3 is 2.67 bits per heavy atom. The van der Waals surface area contributed by atoms with Crippen LogP contribution in [0.15, 0.2) is 11.4 Å². The van der Waals surface area contributed by atoms with E-state index in [1.54, 1.807) is 18.4 Å². The maximum atomic E-state index is 13.2. The van der Waals surface area contributed by atoms with Gasteiger partial charge in [0, 0.05) is 32.7 Å². The van der Waals surface area contributed by atoms with Crippen LogP contribution in [0.3, 0.4) is 0 Å². The number of hydrogen-bond acceptors (Lipinski definition) is 4. The molecule has 21 heavy (non-hydrogen) atoms. The van der Waals surface area contributed by atoms with E-state index in [1.807, 2.05) is 0 Å². The Balaban J connectivity index is 1.99. The summed E-state index contributed by atoms with van der Waals surface area (Å²) in [5, 5.41) is 7.19. The first kappa shape index (κ1) is 16.3. The number of amides is 1. The third-order valence-corrected chi connectivity index (χ3v) is 4.51. The molecule has 0 radical (unpaired) electrons. The van der Waals surface area contributed by atoms with Crippen LogP contribution in [0.1, 0.15) is 15.2 Å². The van der Waals surface area contributed by atoms with Gasteiger partial charge >= 0.3 is 6.18 Å². The Kier molecular flexibility index (Phi) is 5.23. The average molecular weight is 321 g/mol. The molecule has 1 atom stereocenters. The van der Waals surface area contributed by atoms with Gasteiger partial charge in [-0.3, -0.25) is 9.69 Å². The number of hydrogen-bond donors (Lipinski definition) is 2. The predicted molar refractivity (Wildman–Crippen MR) is 75.7 cm³/mol. The van der Waals surface area contributed by atoms with Crippen molar-refractivity contribution in [1.29, 1.82) is 0 Å². The largest absolute Gasteiger partial charge is 0.405 e. The Morgan fingerprint density at radius 2 is 2.14 bits per heavy atom. The lowest BCUT2D eigenvalue weighted by molar-refractivity contribution is -0.183. The van der Waals surface area contributed by atoms with Gasteiger partial charge in [0.05, 0.1) is 4.88 Å². The minimum absolute atomic E-state index is 0.331. The first-order chi connectivity index (χ1) is 9.89. The Bertz CT molecular complexity index is 483. The number of carbonyl (C=O) groups is 1. The van der Waals surface area contributed by atoms with Crippen molar-refractivity contribution in [2.45, 2.75) is 19.1 Å². The van der Waals surface area contributed by atoms with Gasteiger partial charge in [-0.15, -0.1) is 11.3 Å². The molecular formula is C13H18F3N3OS. The number of alkyl halides is 3. The predicted octanol–water partition coefficient (Wildman–Crippen LogP) is 1.62. The van der Waals surface area contributed by atoms with Crippen molar-refractivity contribution < 1.29 is 18.0 Å². The highest BCUT2D eigenvalue weighted by Crippen LogP contribution is 2.25. The van der Waals surface area contributed by atoms with Crippen LogP contribution < -0.4 is 10.6 Å². The molecule has 1 aromatic heterocycles. The molecule has 1 aliphatic rings. The molecule has 0 bridgehead atoms. The second kappa shape index (κ2) is 6.76. The second-order valence-electron chi connectivity index (χ2n) is 4.99. The highest BCUT2D eigenvalue weighted by Gasteiger charge is 2.43. The van der Waals surface area contributed by atoms with Gasteiger partial charge in [0.25, 0.3) is 5.91 Å². The smallest absolute Gasteiger partial charge is 0.349 e. The summed E-state index contributed by atoms with van der Waals surface area (Å²) < 4.78 is 39.5. The summed E-state index contributed by atoms with van der Waals surface area (Å²) in [5.74, 6) is -0.438. The van der Waals surface area contributed by atoms with Crippen molar-refractivity contribution in [2.24, 2.45) is 0 Å². The van der Waals surface area contributed by atoms with Crippen molar-refractivity contribution in [3.05, 3.63) is 21.9 Å². The molecule has 2 heterocycles. The van der Waals surface area contributed by atoms with Crippen molar-refractivity contribution in [1.82, 2.24) is 15.5 Å². The fraction of sp³-hybridized carbons (Fsp3) is 0.615. The first-order valence-electron chi connectivity index (χ1n) is 6.73. The van der Waals surface area contributed by atoms with E-state index < -0.39 is 24.7 Å². The van der Waals surface area contributed by atoms with Crippen LogP contribution in [0.5, 0.6) is 0 Å². The standard InChI is InChI=1S/C13H18F3N3OS/c1-9-2-7-21-11(9)12(20)18-8-10(13(14,15)16)19-5-3-17-4-6-19/h2,7,10,17H,3-6,8H2,1H3,(H,18,20). The normalized spacial score (nSPS) is 18.5. The maximum Gasteiger partial charge on any atom is 0.405 e. The molecule has 2 N–H and O–H groups in total. The molecule has 1 saturated heterocycles. The van der Waals surface area contributed by atoms with Gasteiger partial charge in [0.2, 0.25) is 0 Å². The minimum Gasteiger partial charge on any atom is -0.349 e. The molecule has 4 nitrogen and oxygen atoms in total. The highest BCUT2D eigenvalue weighted by atomic mass is 32.1. The van der Waals surface area contributed by atoms with Crippen LogP contribution in [0, 0.1) is 6.92 Å². The second-order valence-corrected chi connectivity index (χ2v) is 5.90. The molecular weight excluding hydrogens is 303 g/mol. The Hall–Kier alpha value is -1.12. The molecule has 1 fully saturated rings. The molecule has 1 amide bonds. The molecule has 1 unspecified atom stereocenters. The lowest BCUT2D eigenvalue weighted by atomic mass is 10.2. The van der Waals surface area contributed by atoms with E-state index in [1.165, 1.54) is 16.2 Å². The zero-order chi connectivity index (χ0) is 15.5. The summed E-state index contributed by atoms with van der Waals surface area (Å²) >= 11 is 1.24. The Labute approximate surface area is 125 Å². The summed E-state index contributed by atoms with van der Waals surface area (Å²) in [7, 11) is 0. The number of halogens is 3. The van der Waals surface area contributed by atoms with Gasteiger partial charge < -0.3 is 10.6 Å². The lowest BCUT2D eigenvalue weighted by Gasteiger charge is -2.35. The lowest BCUT2D eigenvalue weighted by Crippen LogP contribution is -2.57.